The van der Waals surface area contributed by atoms with Crippen LogP contribution >= 0.6 is 12.2 Å². The lowest BCUT2D eigenvalue weighted by molar-refractivity contribution is 0.826. The third-order valence-corrected chi connectivity index (χ3v) is 2.49. The van der Waals surface area contributed by atoms with E-state index < -0.39 is 0 Å². The first-order chi connectivity index (χ1) is 7.63. The highest BCUT2D eigenvalue weighted by molar-refractivity contribution is 7.80. The van der Waals surface area contributed by atoms with E-state index in [0.717, 1.165) is 18.7 Å². The summed E-state index contributed by atoms with van der Waals surface area (Å²) >= 11 is 5.11. The molecule has 0 aliphatic rings. The van der Waals surface area contributed by atoms with Gasteiger partial charge in [-0.3, -0.25) is 10.9 Å². The summed E-state index contributed by atoms with van der Waals surface area (Å²) in [6, 6.07) is 6.26. The summed E-state index contributed by atoms with van der Waals surface area (Å²) in [4.78, 5) is 0. The molecular weight excluding hydrogens is 218 g/mol. The Morgan fingerprint density at radius 1 is 1.31 bits per heavy atom. The Balaban J connectivity index is 2.47. The van der Waals surface area contributed by atoms with E-state index in [1.54, 1.807) is 0 Å². The molecule has 0 spiro atoms. The molecule has 0 unspecified atom stereocenters. The first-order valence-electron chi connectivity index (χ1n) is 5.50. The molecule has 3 N–H and O–H groups in total. The quantitative estimate of drug-likeness (QED) is 0.555. The van der Waals surface area contributed by atoms with Gasteiger partial charge < -0.3 is 5.32 Å². The summed E-state index contributed by atoms with van der Waals surface area (Å²) in [6.07, 6.45) is 1.06. The fraction of sp³-hybridized carbons (Fsp3) is 0.417. The van der Waals surface area contributed by atoms with E-state index in [0.29, 0.717) is 5.11 Å². The minimum absolute atomic E-state index is 0.628. The van der Waals surface area contributed by atoms with Crippen molar-refractivity contribution in [1.82, 2.24) is 10.7 Å². The van der Waals surface area contributed by atoms with Gasteiger partial charge in [0.05, 0.1) is 5.69 Å². The van der Waals surface area contributed by atoms with Gasteiger partial charge in [0.1, 0.15) is 0 Å². The maximum absolute atomic E-state index is 5.11. The molecule has 0 aliphatic heterocycles. The molecule has 1 rings (SSSR count). The Kier molecular flexibility index (Phi) is 5.05. The summed E-state index contributed by atoms with van der Waals surface area (Å²) < 4.78 is 0. The summed E-state index contributed by atoms with van der Waals surface area (Å²) in [5.41, 5.74) is 9.55. The summed E-state index contributed by atoms with van der Waals surface area (Å²) in [7, 11) is 0. The molecule has 1 aromatic carbocycles. The highest BCUT2D eigenvalue weighted by Crippen LogP contribution is 2.14. The van der Waals surface area contributed by atoms with Crippen LogP contribution < -0.4 is 16.2 Å². The average molecular weight is 237 g/mol. The molecule has 0 aliphatic carbocycles. The SMILES string of the molecule is CCCNC(=S)NNc1cc(C)ccc1C. The van der Waals surface area contributed by atoms with E-state index in [1.807, 2.05) is 0 Å². The minimum Gasteiger partial charge on any atom is -0.361 e. The molecule has 0 radical (unpaired) electrons. The van der Waals surface area contributed by atoms with Crippen molar-refractivity contribution in [3.05, 3.63) is 29.3 Å². The molecule has 3 nitrogen and oxygen atoms in total. The summed E-state index contributed by atoms with van der Waals surface area (Å²) in [6.45, 7) is 7.12. The highest BCUT2D eigenvalue weighted by Gasteiger charge is 1.98. The highest BCUT2D eigenvalue weighted by atomic mass is 32.1. The molecule has 0 fully saturated rings. The van der Waals surface area contributed by atoms with Gasteiger partial charge in [0.15, 0.2) is 5.11 Å². The monoisotopic (exact) mass is 237 g/mol. The number of hydrazine groups is 1. The van der Waals surface area contributed by atoms with E-state index in [4.69, 9.17) is 12.2 Å². The van der Waals surface area contributed by atoms with E-state index in [2.05, 4.69) is 55.1 Å². The van der Waals surface area contributed by atoms with Crippen molar-refractivity contribution < 1.29 is 0 Å². The van der Waals surface area contributed by atoms with Crippen LogP contribution in [0.3, 0.4) is 0 Å². The molecule has 0 heterocycles. The Bertz CT molecular complexity index is 363. The Hall–Kier alpha value is -1.29. The zero-order chi connectivity index (χ0) is 12.0. The molecule has 4 heteroatoms. The number of hydrogen-bond acceptors (Lipinski definition) is 2. The molecule has 0 bridgehead atoms. The van der Waals surface area contributed by atoms with Crippen LogP contribution in [0.5, 0.6) is 0 Å². The second-order valence-corrected chi connectivity index (χ2v) is 4.23. The van der Waals surface area contributed by atoms with Crippen LogP contribution in [0.15, 0.2) is 18.2 Å². The number of thiocarbonyl (C=S) groups is 1. The van der Waals surface area contributed by atoms with Crippen LogP contribution in [-0.2, 0) is 0 Å². The predicted molar refractivity (Wildman–Crippen MR) is 73.6 cm³/mol. The van der Waals surface area contributed by atoms with Gasteiger partial charge in [0, 0.05) is 6.54 Å². The van der Waals surface area contributed by atoms with E-state index in [9.17, 15) is 0 Å². The van der Waals surface area contributed by atoms with Crippen molar-refractivity contribution >= 4 is 23.0 Å². The minimum atomic E-state index is 0.628. The first kappa shape index (κ1) is 12.8. The molecule has 88 valence electrons. The average Bonchev–Trinajstić information content (AvgIpc) is 2.27. The zero-order valence-electron chi connectivity index (χ0n) is 10.1. The van der Waals surface area contributed by atoms with Crippen LogP contribution in [0.25, 0.3) is 0 Å². The Morgan fingerprint density at radius 2 is 2.06 bits per heavy atom. The van der Waals surface area contributed by atoms with Gasteiger partial charge in [-0.2, -0.15) is 0 Å². The first-order valence-corrected chi connectivity index (χ1v) is 5.91. The van der Waals surface area contributed by atoms with Crippen molar-refractivity contribution in [1.29, 1.82) is 0 Å². The number of aryl methyl sites for hydroxylation is 2. The molecule has 16 heavy (non-hydrogen) atoms. The van der Waals surface area contributed by atoms with Crippen molar-refractivity contribution in [2.45, 2.75) is 27.2 Å². The second-order valence-electron chi connectivity index (χ2n) is 3.82. The van der Waals surface area contributed by atoms with Gasteiger partial charge in [-0.25, -0.2) is 0 Å². The van der Waals surface area contributed by atoms with E-state index >= 15 is 0 Å². The Morgan fingerprint density at radius 3 is 2.75 bits per heavy atom. The fourth-order valence-corrected chi connectivity index (χ4v) is 1.43. The molecule has 0 atom stereocenters. The smallest absolute Gasteiger partial charge is 0.185 e. The normalized spacial score (nSPS) is 9.69. The van der Waals surface area contributed by atoms with Crippen LogP contribution in [0, 0.1) is 13.8 Å². The lowest BCUT2D eigenvalue weighted by Gasteiger charge is -2.14. The number of rotatable bonds is 4. The topological polar surface area (TPSA) is 36.1 Å². The molecular formula is C12H19N3S. The van der Waals surface area contributed by atoms with E-state index in [1.165, 1.54) is 11.1 Å². The molecule has 1 aromatic rings. The molecule has 0 amide bonds. The van der Waals surface area contributed by atoms with Crippen molar-refractivity contribution in [2.75, 3.05) is 12.0 Å². The molecule has 0 aromatic heterocycles. The van der Waals surface area contributed by atoms with Crippen LogP contribution in [0.2, 0.25) is 0 Å². The predicted octanol–water partition coefficient (Wildman–Crippen LogP) is 2.50. The zero-order valence-corrected chi connectivity index (χ0v) is 10.9. The van der Waals surface area contributed by atoms with Crippen LogP contribution in [0.4, 0.5) is 5.69 Å². The molecule has 0 saturated carbocycles. The lowest BCUT2D eigenvalue weighted by Crippen LogP contribution is -2.39. The van der Waals surface area contributed by atoms with Crippen molar-refractivity contribution in [3.63, 3.8) is 0 Å². The Labute approximate surface area is 103 Å². The number of anilines is 1. The summed E-state index contributed by atoms with van der Waals surface area (Å²) in [5, 5.41) is 3.72. The maximum Gasteiger partial charge on any atom is 0.185 e. The number of nitrogens with one attached hydrogen (secondary N) is 3. The van der Waals surface area contributed by atoms with Gasteiger partial charge in [-0.05, 0) is 49.7 Å². The standard InChI is InChI=1S/C12H19N3S/c1-4-7-13-12(16)15-14-11-8-9(2)5-6-10(11)3/h5-6,8,14H,4,7H2,1-3H3,(H2,13,15,16). The van der Waals surface area contributed by atoms with Gasteiger partial charge in [0.25, 0.3) is 0 Å². The number of benzene rings is 1. The van der Waals surface area contributed by atoms with Gasteiger partial charge in [-0.1, -0.05) is 19.1 Å². The fourth-order valence-electron chi connectivity index (χ4n) is 1.28. The van der Waals surface area contributed by atoms with Crippen LogP contribution in [0.1, 0.15) is 24.5 Å². The van der Waals surface area contributed by atoms with Crippen molar-refractivity contribution in [2.24, 2.45) is 0 Å². The lowest BCUT2D eigenvalue weighted by atomic mass is 10.1. The molecule has 0 saturated heterocycles. The number of hydrogen-bond donors (Lipinski definition) is 3. The van der Waals surface area contributed by atoms with Crippen LogP contribution in [-0.4, -0.2) is 11.7 Å². The van der Waals surface area contributed by atoms with Gasteiger partial charge >= 0.3 is 0 Å². The van der Waals surface area contributed by atoms with Gasteiger partial charge in [0.2, 0.25) is 0 Å². The van der Waals surface area contributed by atoms with Gasteiger partial charge in [-0.15, -0.1) is 0 Å². The van der Waals surface area contributed by atoms with Crippen molar-refractivity contribution in [3.8, 4) is 0 Å². The summed E-state index contributed by atoms with van der Waals surface area (Å²) in [5.74, 6) is 0. The maximum atomic E-state index is 5.11. The second kappa shape index (κ2) is 6.33. The third-order valence-electron chi connectivity index (χ3n) is 2.24. The van der Waals surface area contributed by atoms with E-state index in [-0.39, 0.29) is 0 Å². The third kappa shape index (κ3) is 4.06. The largest absolute Gasteiger partial charge is 0.361 e.